The first kappa shape index (κ1) is 28.2. The number of hydrogen-bond donors (Lipinski definition) is 0. The van der Waals surface area contributed by atoms with Crippen LogP contribution in [0.2, 0.25) is 10.5 Å². The smallest absolute Gasteiger partial charge is 0.147 e. The normalized spacial score (nSPS) is 18.7. The molecule has 0 fully saturated rings. The molecule has 2 atom stereocenters. The molecule has 0 bridgehead atoms. The van der Waals surface area contributed by atoms with E-state index in [1.165, 1.54) is 27.8 Å². The van der Waals surface area contributed by atoms with Crippen molar-refractivity contribution in [1.82, 2.24) is 0 Å². The number of halogens is 2. The van der Waals surface area contributed by atoms with Gasteiger partial charge in [-0.15, -0.1) is 24.8 Å². The quantitative estimate of drug-likeness (QED) is 0.281. The molecule has 0 nitrogen and oxygen atoms in total. The molecule has 0 aliphatic heterocycles. The van der Waals surface area contributed by atoms with E-state index in [1.807, 2.05) is 0 Å². The van der Waals surface area contributed by atoms with Crippen molar-refractivity contribution in [1.29, 1.82) is 0 Å². The molecule has 0 spiro atoms. The molecule has 0 radical (unpaired) electrons. The molecule has 0 saturated heterocycles. The van der Waals surface area contributed by atoms with E-state index in [-0.39, 0.29) is 24.8 Å². The van der Waals surface area contributed by atoms with E-state index in [4.69, 9.17) is 0 Å². The summed E-state index contributed by atoms with van der Waals surface area (Å²) in [5.74, 6) is 0.552. The van der Waals surface area contributed by atoms with E-state index in [9.17, 15) is 0 Å². The van der Waals surface area contributed by atoms with Crippen molar-refractivity contribution in [3.63, 3.8) is 0 Å². The fourth-order valence-corrected chi connectivity index (χ4v) is 21.1. The van der Waals surface area contributed by atoms with Crippen molar-refractivity contribution >= 4 is 44.6 Å². The molecule has 2 unspecified atom stereocenters. The zero-order valence-electron chi connectivity index (χ0n) is 21.8. The second-order valence-electron chi connectivity index (χ2n) is 11.8. The summed E-state index contributed by atoms with van der Waals surface area (Å²) in [7, 11) is 2.41. The van der Waals surface area contributed by atoms with E-state index in [0.29, 0.717) is 14.4 Å². The summed E-state index contributed by atoms with van der Waals surface area (Å²) >= 11 is -3.14. The molecular weight excluding hydrogens is 519 g/mol. The Morgan fingerprint density at radius 3 is 1.77 bits per heavy atom. The van der Waals surface area contributed by atoms with Gasteiger partial charge in [-0.05, 0) is 0 Å². The van der Waals surface area contributed by atoms with Crippen LogP contribution in [0.4, 0.5) is 0 Å². The van der Waals surface area contributed by atoms with Gasteiger partial charge < -0.3 is 0 Å². The third-order valence-corrected chi connectivity index (χ3v) is 19.9. The van der Waals surface area contributed by atoms with Gasteiger partial charge in [0.15, 0.2) is 0 Å². The monoisotopic (exact) mass is 556 g/mol. The molecular formula is C31H38Cl2SiTi. The van der Waals surface area contributed by atoms with E-state index in [2.05, 4.69) is 125 Å². The standard InChI is InChI=1S/C16H13.C13H15.2CH3.2ClH.H2Si.Ti/c1-12-10-14-8-5-9-15(16(14)11-12)13-6-3-2-4-7-13;1-9(2)12-6-4-5-11-7-10(3)8-13(11)12;;;;;;/h2-11H,1H3;4-9H,1-3H3;2*1H3;2*1H;1H2;. The number of allylic oxidation sites excluding steroid dienone is 2. The van der Waals surface area contributed by atoms with Crippen molar-refractivity contribution in [3.05, 3.63) is 106 Å². The van der Waals surface area contributed by atoms with Gasteiger partial charge in [0.25, 0.3) is 0 Å². The molecule has 0 saturated carbocycles. The van der Waals surface area contributed by atoms with Gasteiger partial charge in [-0.1, -0.05) is 0 Å². The predicted molar refractivity (Wildman–Crippen MR) is 160 cm³/mol. The van der Waals surface area contributed by atoms with Crippen LogP contribution in [-0.4, -0.2) is 7.63 Å². The summed E-state index contributed by atoms with van der Waals surface area (Å²) in [6.45, 7) is 9.44. The van der Waals surface area contributed by atoms with E-state index < -0.39 is 14.0 Å². The van der Waals surface area contributed by atoms with E-state index in [1.54, 1.807) is 22.3 Å². The van der Waals surface area contributed by atoms with Gasteiger partial charge >= 0.3 is 203 Å². The first-order valence-electron chi connectivity index (χ1n) is 12.3. The van der Waals surface area contributed by atoms with Crippen LogP contribution in [0, 0.1) is 0 Å². The topological polar surface area (TPSA) is 0 Å². The fourth-order valence-electron chi connectivity index (χ4n) is 7.19. The molecule has 2 aliphatic rings. The molecule has 3 aromatic carbocycles. The minimum atomic E-state index is -3.14. The molecule has 0 N–H and O–H groups in total. The Morgan fingerprint density at radius 1 is 0.686 bits per heavy atom. The Labute approximate surface area is 226 Å². The largest absolute Gasteiger partial charge is 0.147 e. The molecule has 184 valence electrons. The maximum Gasteiger partial charge on any atom is -0.147 e. The van der Waals surface area contributed by atoms with Crippen molar-refractivity contribution in [2.45, 2.75) is 52.5 Å². The Kier molecular flexibility index (Phi) is 7.94. The maximum absolute atomic E-state index is 3.14. The van der Waals surface area contributed by atoms with Crippen molar-refractivity contribution in [2.24, 2.45) is 0 Å². The summed E-state index contributed by atoms with van der Waals surface area (Å²) < 4.78 is 1.13. The van der Waals surface area contributed by atoms with Crippen LogP contribution in [0.1, 0.15) is 69.9 Å². The number of benzene rings is 3. The second kappa shape index (κ2) is 9.84. The first-order valence-corrected chi connectivity index (χ1v) is 21.3. The average molecular weight is 558 g/mol. The maximum atomic E-state index is 2.71. The molecule has 4 heteroatoms. The summed E-state index contributed by atoms with van der Waals surface area (Å²) in [5, 5.41) is 5.42. The predicted octanol–water partition coefficient (Wildman–Crippen LogP) is 9.27. The molecule has 0 heterocycles. The Morgan fingerprint density at radius 2 is 1.20 bits per heavy atom. The summed E-state index contributed by atoms with van der Waals surface area (Å²) in [4.78, 5) is 0. The SMILES string of the molecule is CC1=Cc2c(-c3ccccc3)cccc2[CH]1[Ti]([CH3])([CH3])(=[SiH2])[CH]1C(C)=Cc2c(C(C)C)cccc21.Cl.Cl. The third kappa shape index (κ3) is 4.49. The van der Waals surface area contributed by atoms with Gasteiger partial charge in [-0.2, -0.15) is 0 Å². The zero-order valence-corrected chi connectivity index (χ0v) is 26.4. The fraction of sp³-hybridized carbons (Fsp3) is 0.290. The molecule has 0 aromatic heterocycles. The first-order chi connectivity index (χ1) is 15.6. The summed E-state index contributed by atoms with van der Waals surface area (Å²) in [6, 6.07) is 25.0. The molecule has 3 aromatic rings. The van der Waals surface area contributed by atoms with E-state index in [0.717, 1.165) is 0 Å². The van der Waals surface area contributed by atoms with Crippen molar-refractivity contribution < 1.29 is 14.0 Å². The van der Waals surface area contributed by atoms with Crippen LogP contribution in [0.15, 0.2) is 77.9 Å². The minimum absolute atomic E-state index is 0. The summed E-state index contributed by atoms with van der Waals surface area (Å²) in [6.07, 6.45) is 5.03. The average Bonchev–Trinajstić information content (AvgIpc) is 3.30. The van der Waals surface area contributed by atoms with Gasteiger partial charge in [0, 0.05) is 0 Å². The van der Waals surface area contributed by atoms with Crippen LogP contribution in [0.3, 0.4) is 0 Å². The van der Waals surface area contributed by atoms with Crippen molar-refractivity contribution in [2.75, 3.05) is 0 Å². The Hall–Kier alpha value is -1.35. The van der Waals surface area contributed by atoms with Crippen LogP contribution in [-0.2, 0) is 14.0 Å². The van der Waals surface area contributed by atoms with Gasteiger partial charge in [-0.25, -0.2) is 0 Å². The Bertz CT molecular complexity index is 1390. The van der Waals surface area contributed by atoms with Gasteiger partial charge in [0.1, 0.15) is 0 Å². The molecule has 5 rings (SSSR count). The summed E-state index contributed by atoms with van der Waals surface area (Å²) in [5.41, 5.74) is 13.5. The molecule has 2 aliphatic carbocycles. The van der Waals surface area contributed by atoms with Gasteiger partial charge in [-0.3, -0.25) is 0 Å². The minimum Gasteiger partial charge on any atom is -0.147 e. The van der Waals surface area contributed by atoms with Crippen LogP contribution < -0.4 is 0 Å². The van der Waals surface area contributed by atoms with E-state index >= 15 is 0 Å². The number of hydrogen-bond acceptors (Lipinski definition) is 0. The van der Waals surface area contributed by atoms with Crippen LogP contribution in [0.25, 0.3) is 23.3 Å². The zero-order chi connectivity index (χ0) is 23.6. The molecule has 0 amide bonds. The van der Waals surface area contributed by atoms with Crippen molar-refractivity contribution in [3.8, 4) is 11.1 Å². The number of fused-ring (bicyclic) bond motifs is 2. The third-order valence-electron chi connectivity index (χ3n) is 8.19. The number of rotatable bonds is 4. The molecule has 35 heavy (non-hydrogen) atoms. The van der Waals surface area contributed by atoms with Gasteiger partial charge in [0.05, 0.1) is 0 Å². The Balaban J connectivity index is 0.00000171. The van der Waals surface area contributed by atoms with Crippen LogP contribution in [0.5, 0.6) is 0 Å². The second-order valence-corrected chi connectivity index (χ2v) is 31.9. The van der Waals surface area contributed by atoms with Crippen LogP contribution >= 0.6 is 24.8 Å². The van der Waals surface area contributed by atoms with Gasteiger partial charge in [0.2, 0.25) is 0 Å².